The quantitative estimate of drug-likeness (QED) is 0.514. The third-order valence-corrected chi connectivity index (χ3v) is 4.30. The van der Waals surface area contributed by atoms with Gasteiger partial charge in [0, 0.05) is 17.2 Å². The van der Waals surface area contributed by atoms with Gasteiger partial charge in [-0.3, -0.25) is 0 Å². The van der Waals surface area contributed by atoms with Gasteiger partial charge in [0.15, 0.2) is 11.6 Å². The zero-order valence-corrected chi connectivity index (χ0v) is 14.7. The van der Waals surface area contributed by atoms with Gasteiger partial charge >= 0.3 is 0 Å². The van der Waals surface area contributed by atoms with Crippen LogP contribution in [-0.2, 0) is 6.42 Å². The van der Waals surface area contributed by atoms with Crippen LogP contribution in [0.1, 0.15) is 19.4 Å². The van der Waals surface area contributed by atoms with Crippen LogP contribution >= 0.6 is 0 Å². The summed E-state index contributed by atoms with van der Waals surface area (Å²) >= 11 is 0. The third-order valence-electron chi connectivity index (χ3n) is 4.30. The Balaban J connectivity index is 1.93. The maximum absolute atomic E-state index is 14.3. The monoisotopic (exact) mass is 356 g/mol. The lowest BCUT2D eigenvalue weighted by Crippen LogP contribution is -1.96. The maximum Gasteiger partial charge on any atom is 0.166 e. The molecule has 0 radical (unpaired) electrons. The van der Waals surface area contributed by atoms with E-state index in [1.807, 2.05) is 6.92 Å². The van der Waals surface area contributed by atoms with Gasteiger partial charge in [0.05, 0.1) is 6.61 Å². The Labute approximate surface area is 151 Å². The fourth-order valence-electron chi connectivity index (χ4n) is 2.90. The molecule has 0 atom stereocenters. The zero-order chi connectivity index (χ0) is 18.7. The molecule has 3 rings (SSSR count). The zero-order valence-electron chi connectivity index (χ0n) is 14.7. The average Bonchev–Trinajstić information content (AvgIpc) is 2.65. The van der Waals surface area contributed by atoms with E-state index in [0.717, 1.165) is 0 Å². The van der Waals surface area contributed by atoms with Gasteiger partial charge in [-0.15, -0.1) is 0 Å². The standard InChI is InChI=1S/C22H19F3O/c1-3-14-9-11-19(22(25)21(14)24)16-7-5-15(6-8-16)18-12-10-17(26-4-2)13-20(18)23/h5-13H,3-4H2,1-2H3. The Morgan fingerprint density at radius 3 is 1.92 bits per heavy atom. The van der Waals surface area contributed by atoms with Gasteiger partial charge in [0.2, 0.25) is 0 Å². The van der Waals surface area contributed by atoms with Crippen molar-refractivity contribution in [1.29, 1.82) is 0 Å². The van der Waals surface area contributed by atoms with Crippen LogP contribution in [0.4, 0.5) is 13.2 Å². The number of halogens is 3. The molecule has 3 aromatic carbocycles. The Morgan fingerprint density at radius 1 is 0.731 bits per heavy atom. The highest BCUT2D eigenvalue weighted by molar-refractivity contribution is 5.71. The van der Waals surface area contributed by atoms with Crippen molar-refractivity contribution < 1.29 is 17.9 Å². The Hall–Kier alpha value is -2.75. The second-order valence-corrected chi connectivity index (χ2v) is 5.91. The minimum atomic E-state index is -0.857. The van der Waals surface area contributed by atoms with Gasteiger partial charge in [0.25, 0.3) is 0 Å². The molecule has 0 unspecified atom stereocenters. The molecule has 134 valence electrons. The van der Waals surface area contributed by atoms with Gasteiger partial charge in [-0.05, 0) is 42.2 Å². The van der Waals surface area contributed by atoms with Crippen LogP contribution in [0.15, 0.2) is 54.6 Å². The van der Waals surface area contributed by atoms with Gasteiger partial charge in [0.1, 0.15) is 11.6 Å². The van der Waals surface area contributed by atoms with E-state index in [-0.39, 0.29) is 5.56 Å². The topological polar surface area (TPSA) is 9.23 Å². The van der Waals surface area contributed by atoms with E-state index in [2.05, 4.69) is 0 Å². The van der Waals surface area contributed by atoms with Crippen LogP contribution in [-0.4, -0.2) is 6.61 Å². The van der Waals surface area contributed by atoms with E-state index in [9.17, 15) is 13.2 Å². The van der Waals surface area contributed by atoms with Gasteiger partial charge in [-0.25, -0.2) is 13.2 Å². The Kier molecular flexibility index (Phi) is 5.31. The average molecular weight is 356 g/mol. The van der Waals surface area contributed by atoms with Crippen molar-refractivity contribution in [3.05, 3.63) is 77.6 Å². The summed E-state index contributed by atoms with van der Waals surface area (Å²) in [5.41, 5.74) is 2.16. The Bertz CT molecular complexity index is 917. The molecule has 0 fully saturated rings. The molecule has 0 aliphatic carbocycles. The Morgan fingerprint density at radius 2 is 1.35 bits per heavy atom. The highest BCUT2D eigenvalue weighted by Gasteiger charge is 2.14. The van der Waals surface area contributed by atoms with Crippen LogP contribution in [0, 0.1) is 17.5 Å². The van der Waals surface area contributed by atoms with Crippen molar-refractivity contribution in [3.63, 3.8) is 0 Å². The van der Waals surface area contributed by atoms with Crippen LogP contribution in [0.25, 0.3) is 22.3 Å². The molecule has 0 saturated carbocycles. The van der Waals surface area contributed by atoms with Crippen molar-refractivity contribution in [1.82, 2.24) is 0 Å². The fraction of sp³-hybridized carbons (Fsp3) is 0.182. The van der Waals surface area contributed by atoms with E-state index in [1.165, 1.54) is 6.07 Å². The smallest absolute Gasteiger partial charge is 0.166 e. The first-order valence-electron chi connectivity index (χ1n) is 8.55. The molecule has 0 amide bonds. The predicted molar refractivity (Wildman–Crippen MR) is 97.7 cm³/mol. The van der Waals surface area contributed by atoms with Crippen LogP contribution in [0.5, 0.6) is 5.75 Å². The molecule has 3 aromatic rings. The molecule has 0 aliphatic rings. The van der Waals surface area contributed by atoms with Crippen LogP contribution < -0.4 is 4.74 Å². The summed E-state index contributed by atoms with van der Waals surface area (Å²) in [4.78, 5) is 0. The molecule has 0 aromatic heterocycles. The van der Waals surface area contributed by atoms with Crippen molar-refractivity contribution in [3.8, 4) is 28.0 Å². The second kappa shape index (κ2) is 7.65. The molecule has 0 heterocycles. The number of hydrogen-bond acceptors (Lipinski definition) is 1. The highest BCUT2D eigenvalue weighted by Crippen LogP contribution is 2.31. The van der Waals surface area contributed by atoms with Gasteiger partial charge in [-0.2, -0.15) is 0 Å². The summed E-state index contributed by atoms with van der Waals surface area (Å²) in [6, 6.07) is 14.6. The minimum absolute atomic E-state index is 0.193. The lowest BCUT2D eigenvalue weighted by molar-refractivity contribution is 0.338. The molecular weight excluding hydrogens is 337 g/mol. The van der Waals surface area contributed by atoms with E-state index in [1.54, 1.807) is 55.5 Å². The first-order chi connectivity index (χ1) is 12.5. The van der Waals surface area contributed by atoms with Gasteiger partial charge < -0.3 is 4.74 Å². The number of ether oxygens (including phenoxy) is 1. The molecule has 0 saturated heterocycles. The van der Waals surface area contributed by atoms with E-state index in [0.29, 0.717) is 41.0 Å². The summed E-state index contributed by atoms with van der Waals surface area (Å²) < 4.78 is 47.9. The van der Waals surface area contributed by atoms with Gasteiger partial charge in [-0.1, -0.05) is 43.3 Å². The molecule has 4 heteroatoms. The molecule has 0 N–H and O–H groups in total. The van der Waals surface area contributed by atoms with Crippen molar-refractivity contribution >= 4 is 0 Å². The largest absolute Gasteiger partial charge is 0.494 e. The lowest BCUT2D eigenvalue weighted by atomic mass is 9.98. The number of aryl methyl sites for hydroxylation is 1. The summed E-state index contributed by atoms with van der Waals surface area (Å²) in [5.74, 6) is -1.59. The van der Waals surface area contributed by atoms with E-state index >= 15 is 0 Å². The molecule has 0 aliphatic heterocycles. The normalized spacial score (nSPS) is 10.8. The summed E-state index contributed by atoms with van der Waals surface area (Å²) in [5, 5.41) is 0. The summed E-state index contributed by atoms with van der Waals surface area (Å²) in [6.07, 6.45) is 0.430. The molecular formula is C22H19F3O. The number of hydrogen-bond donors (Lipinski definition) is 0. The van der Waals surface area contributed by atoms with Crippen molar-refractivity contribution in [2.75, 3.05) is 6.61 Å². The fourth-order valence-corrected chi connectivity index (χ4v) is 2.90. The van der Waals surface area contributed by atoms with E-state index < -0.39 is 17.5 Å². The van der Waals surface area contributed by atoms with E-state index in [4.69, 9.17) is 4.74 Å². The first-order valence-corrected chi connectivity index (χ1v) is 8.55. The third kappa shape index (κ3) is 3.45. The second-order valence-electron chi connectivity index (χ2n) is 5.91. The minimum Gasteiger partial charge on any atom is -0.494 e. The number of rotatable bonds is 5. The summed E-state index contributed by atoms with van der Waals surface area (Å²) in [6.45, 7) is 4.07. The lowest BCUT2D eigenvalue weighted by Gasteiger charge is -2.10. The predicted octanol–water partition coefficient (Wildman–Crippen LogP) is 6.40. The number of benzene rings is 3. The highest BCUT2D eigenvalue weighted by atomic mass is 19.2. The SMILES string of the molecule is CCOc1ccc(-c2ccc(-c3ccc(CC)c(F)c3F)cc2)c(F)c1. The molecule has 1 nitrogen and oxygen atoms in total. The van der Waals surface area contributed by atoms with Crippen molar-refractivity contribution in [2.45, 2.75) is 20.3 Å². The van der Waals surface area contributed by atoms with Crippen LogP contribution in [0.3, 0.4) is 0 Å². The first kappa shape index (κ1) is 18.1. The molecule has 0 spiro atoms. The van der Waals surface area contributed by atoms with Crippen molar-refractivity contribution in [2.24, 2.45) is 0 Å². The maximum atomic E-state index is 14.3. The van der Waals surface area contributed by atoms with Crippen LogP contribution in [0.2, 0.25) is 0 Å². The summed E-state index contributed by atoms with van der Waals surface area (Å²) in [7, 11) is 0. The molecule has 26 heavy (non-hydrogen) atoms. The molecule has 0 bridgehead atoms.